The van der Waals surface area contributed by atoms with Crippen LogP contribution < -0.4 is 0 Å². The Morgan fingerprint density at radius 1 is 0.545 bits per heavy atom. The lowest BCUT2D eigenvalue weighted by Gasteiger charge is -2.25. The maximum atomic E-state index is 4.97. The summed E-state index contributed by atoms with van der Waals surface area (Å²) in [5, 5.41) is 7.74. The predicted octanol–water partition coefficient (Wildman–Crippen LogP) is 8.51. The molecular weight excluding hydrogens is 398 g/mol. The maximum absolute atomic E-state index is 4.97. The highest BCUT2D eigenvalue weighted by Gasteiger charge is 2.39. The van der Waals surface area contributed by atoms with E-state index in [4.69, 9.17) is 4.98 Å². The number of hydrogen-bond acceptors (Lipinski definition) is 1. The zero-order valence-corrected chi connectivity index (χ0v) is 18.8. The molecule has 1 heterocycles. The van der Waals surface area contributed by atoms with Crippen molar-refractivity contribution in [3.63, 3.8) is 0 Å². The second kappa shape index (κ2) is 6.52. The molecule has 0 bridgehead atoms. The molecule has 5 aromatic carbocycles. The van der Waals surface area contributed by atoms with Gasteiger partial charge < -0.3 is 0 Å². The topological polar surface area (TPSA) is 12.9 Å². The van der Waals surface area contributed by atoms with Crippen molar-refractivity contribution < 1.29 is 0 Å². The van der Waals surface area contributed by atoms with Gasteiger partial charge >= 0.3 is 0 Å². The van der Waals surface area contributed by atoms with E-state index in [1.54, 1.807) is 0 Å². The van der Waals surface area contributed by atoms with Crippen LogP contribution in [-0.4, -0.2) is 4.98 Å². The van der Waals surface area contributed by atoms with Crippen LogP contribution in [0.4, 0.5) is 0 Å². The molecule has 1 aliphatic rings. The van der Waals surface area contributed by atoms with Crippen LogP contribution in [0, 0.1) is 0 Å². The molecule has 1 heteroatoms. The molecule has 0 N–H and O–H groups in total. The largest absolute Gasteiger partial charge is 0.256 e. The molecule has 0 unspecified atom stereocenters. The van der Waals surface area contributed by atoms with E-state index >= 15 is 0 Å². The average molecular weight is 422 g/mol. The van der Waals surface area contributed by atoms with Gasteiger partial charge in [0.25, 0.3) is 0 Å². The molecular formula is C32H23N. The van der Waals surface area contributed by atoms with Crippen LogP contribution in [0.5, 0.6) is 0 Å². The molecule has 0 saturated carbocycles. The Labute approximate surface area is 193 Å². The third kappa shape index (κ3) is 2.51. The van der Waals surface area contributed by atoms with Crippen LogP contribution in [0.25, 0.3) is 54.7 Å². The minimum Gasteiger partial charge on any atom is -0.256 e. The summed E-state index contributed by atoms with van der Waals surface area (Å²) in [5.41, 5.74) is 7.52. The van der Waals surface area contributed by atoms with Crippen molar-refractivity contribution in [1.29, 1.82) is 0 Å². The summed E-state index contributed by atoms with van der Waals surface area (Å²) in [7, 11) is 0. The lowest BCUT2D eigenvalue weighted by atomic mass is 9.78. The molecule has 0 saturated heterocycles. The first-order chi connectivity index (χ1) is 16.1. The van der Waals surface area contributed by atoms with E-state index in [9.17, 15) is 0 Å². The molecule has 0 aliphatic heterocycles. The van der Waals surface area contributed by atoms with Crippen LogP contribution in [-0.2, 0) is 5.41 Å². The summed E-state index contributed by atoms with van der Waals surface area (Å²) in [6.45, 7) is 4.71. The molecule has 7 rings (SSSR count). The Kier molecular flexibility index (Phi) is 3.67. The smallest absolute Gasteiger partial charge is 0.0749 e. The van der Waals surface area contributed by atoms with Crippen molar-refractivity contribution in [2.45, 2.75) is 19.3 Å². The fourth-order valence-corrected chi connectivity index (χ4v) is 5.98. The van der Waals surface area contributed by atoms with E-state index in [1.165, 1.54) is 60.1 Å². The van der Waals surface area contributed by atoms with E-state index in [0.717, 1.165) is 5.69 Å². The van der Waals surface area contributed by atoms with Gasteiger partial charge in [-0.05, 0) is 66.7 Å². The first kappa shape index (κ1) is 18.6. The van der Waals surface area contributed by atoms with Crippen molar-refractivity contribution in [3.8, 4) is 22.4 Å². The number of nitrogens with zero attached hydrogens (tertiary/aromatic N) is 1. The molecule has 0 spiro atoms. The third-order valence-corrected chi connectivity index (χ3v) is 7.44. The van der Waals surface area contributed by atoms with Crippen LogP contribution in [0.1, 0.15) is 25.0 Å². The lowest BCUT2D eigenvalue weighted by molar-refractivity contribution is 0.665. The number of fused-ring (bicyclic) bond motifs is 8. The highest BCUT2D eigenvalue weighted by atomic mass is 14.7. The number of pyridine rings is 1. The Morgan fingerprint density at radius 2 is 1.15 bits per heavy atom. The van der Waals surface area contributed by atoms with Crippen molar-refractivity contribution in [2.24, 2.45) is 0 Å². The van der Waals surface area contributed by atoms with E-state index in [0.29, 0.717) is 0 Å². The standard InChI is InChI=1S/C32H23N/c1-32(2)29-25-10-6-4-8-21(25)15-16-26(29)27-17-18-33-31(30(27)32)23-14-13-22-12-11-20-7-3-5-9-24(20)28(22)19-23/h3-19H,1-2H3. The zero-order chi connectivity index (χ0) is 22.2. The number of benzene rings is 5. The Hall–Kier alpha value is -3.97. The molecule has 6 aromatic rings. The van der Waals surface area contributed by atoms with E-state index < -0.39 is 0 Å². The normalized spacial score (nSPS) is 14.0. The summed E-state index contributed by atoms with van der Waals surface area (Å²) >= 11 is 0. The van der Waals surface area contributed by atoms with Crippen molar-refractivity contribution in [2.75, 3.05) is 0 Å². The monoisotopic (exact) mass is 421 g/mol. The van der Waals surface area contributed by atoms with Crippen molar-refractivity contribution >= 4 is 32.3 Å². The van der Waals surface area contributed by atoms with Crippen LogP contribution in [0.2, 0.25) is 0 Å². The minimum absolute atomic E-state index is 0.136. The van der Waals surface area contributed by atoms with Gasteiger partial charge in [-0.1, -0.05) is 98.8 Å². The molecule has 156 valence electrons. The highest BCUT2D eigenvalue weighted by molar-refractivity contribution is 6.09. The van der Waals surface area contributed by atoms with E-state index in [1.807, 2.05) is 6.20 Å². The highest BCUT2D eigenvalue weighted by Crippen LogP contribution is 2.53. The van der Waals surface area contributed by atoms with Gasteiger partial charge in [0.1, 0.15) is 0 Å². The molecule has 0 radical (unpaired) electrons. The number of aromatic nitrogens is 1. The van der Waals surface area contributed by atoms with Gasteiger partial charge in [0, 0.05) is 17.2 Å². The zero-order valence-electron chi connectivity index (χ0n) is 18.8. The van der Waals surface area contributed by atoms with Crippen molar-refractivity contribution in [1.82, 2.24) is 4.98 Å². The SMILES string of the molecule is CC1(C)c2c(ccnc2-c2ccc3ccc4ccccc4c3c2)-c2ccc3ccccc3c21. The first-order valence-corrected chi connectivity index (χ1v) is 11.6. The quantitative estimate of drug-likeness (QED) is 0.242. The molecule has 33 heavy (non-hydrogen) atoms. The van der Waals surface area contributed by atoms with Crippen molar-refractivity contribution in [3.05, 3.63) is 114 Å². The fourth-order valence-electron chi connectivity index (χ4n) is 5.98. The summed E-state index contributed by atoms with van der Waals surface area (Å²) < 4.78 is 0. The summed E-state index contributed by atoms with van der Waals surface area (Å²) in [5.74, 6) is 0. The fraction of sp³-hybridized carbons (Fsp3) is 0.0938. The summed E-state index contributed by atoms with van der Waals surface area (Å²) in [6.07, 6.45) is 1.97. The van der Waals surface area contributed by atoms with Gasteiger partial charge in [0.2, 0.25) is 0 Å². The molecule has 0 atom stereocenters. The molecule has 1 aromatic heterocycles. The van der Waals surface area contributed by atoms with E-state index in [2.05, 4.69) is 111 Å². The lowest BCUT2D eigenvalue weighted by Crippen LogP contribution is -2.17. The Balaban J connectivity index is 1.52. The maximum Gasteiger partial charge on any atom is 0.0749 e. The number of hydrogen-bond donors (Lipinski definition) is 0. The Bertz CT molecular complexity index is 1740. The third-order valence-electron chi connectivity index (χ3n) is 7.44. The average Bonchev–Trinajstić information content (AvgIpc) is 3.11. The van der Waals surface area contributed by atoms with Gasteiger partial charge in [0.05, 0.1) is 5.69 Å². The molecule has 0 amide bonds. The number of rotatable bonds is 1. The predicted molar refractivity (Wildman–Crippen MR) is 140 cm³/mol. The second-order valence-electron chi connectivity index (χ2n) is 9.64. The van der Waals surface area contributed by atoms with Gasteiger partial charge in [-0.15, -0.1) is 0 Å². The van der Waals surface area contributed by atoms with Gasteiger partial charge in [-0.25, -0.2) is 0 Å². The summed E-state index contributed by atoms with van der Waals surface area (Å²) in [6, 6.07) is 35.3. The second-order valence-corrected chi connectivity index (χ2v) is 9.64. The van der Waals surface area contributed by atoms with Gasteiger partial charge in [-0.2, -0.15) is 0 Å². The Morgan fingerprint density at radius 3 is 1.97 bits per heavy atom. The molecule has 1 aliphatic carbocycles. The van der Waals surface area contributed by atoms with Gasteiger partial charge in [0.15, 0.2) is 0 Å². The van der Waals surface area contributed by atoms with Crippen LogP contribution in [0.3, 0.4) is 0 Å². The van der Waals surface area contributed by atoms with E-state index in [-0.39, 0.29) is 5.41 Å². The summed E-state index contributed by atoms with van der Waals surface area (Å²) in [4.78, 5) is 4.97. The minimum atomic E-state index is -0.136. The molecule has 1 nitrogen and oxygen atoms in total. The molecule has 0 fully saturated rings. The van der Waals surface area contributed by atoms with Crippen LogP contribution >= 0.6 is 0 Å². The van der Waals surface area contributed by atoms with Crippen LogP contribution in [0.15, 0.2) is 103 Å². The first-order valence-electron chi connectivity index (χ1n) is 11.6. The van der Waals surface area contributed by atoms with Gasteiger partial charge in [-0.3, -0.25) is 4.98 Å².